The van der Waals surface area contributed by atoms with Crippen LogP contribution in [0.1, 0.15) is 92.4 Å². The maximum absolute atomic E-state index is 12.6. The Morgan fingerprint density at radius 2 is 1.80 bits per heavy atom. The zero-order valence-electron chi connectivity index (χ0n) is 22.3. The van der Waals surface area contributed by atoms with Gasteiger partial charge in [0.2, 0.25) is 0 Å². The van der Waals surface area contributed by atoms with Crippen LogP contribution in [-0.4, -0.2) is 52.5 Å². The van der Waals surface area contributed by atoms with E-state index in [1.807, 2.05) is 0 Å². The largest absolute Gasteiger partial charge is 0.463 e. The first kappa shape index (κ1) is 24.6. The summed E-state index contributed by atoms with van der Waals surface area (Å²) < 4.78 is 18.8. The molecule has 6 fully saturated rings. The number of aliphatic hydroxyl groups is 2. The third-order valence-electron chi connectivity index (χ3n) is 12.5. The SMILES string of the molecule is CC(=O)O[C@H]1CC[C@@]2(C)[C@@H](CC[C@@H]3[C@@H]2C[C@@H](O)[C@]2(C)[C@@H]4[C@H](C[C@]32O)O[C@]2(CC[C@@H](C)CO2)[C@H]4C)C1. The zero-order chi connectivity index (χ0) is 25.0. The van der Waals surface area contributed by atoms with Gasteiger partial charge in [0.1, 0.15) is 6.10 Å². The van der Waals surface area contributed by atoms with Gasteiger partial charge in [-0.25, -0.2) is 0 Å². The van der Waals surface area contributed by atoms with E-state index < -0.39 is 22.9 Å². The van der Waals surface area contributed by atoms with Crippen molar-refractivity contribution in [3.63, 3.8) is 0 Å². The molecule has 0 radical (unpaired) electrons. The highest BCUT2D eigenvalue weighted by Gasteiger charge is 2.77. The van der Waals surface area contributed by atoms with E-state index in [0.29, 0.717) is 18.3 Å². The third-order valence-corrected chi connectivity index (χ3v) is 12.5. The van der Waals surface area contributed by atoms with Crippen molar-refractivity contribution in [2.45, 2.75) is 122 Å². The normalized spacial score (nSPS) is 59.3. The van der Waals surface area contributed by atoms with Gasteiger partial charge in [-0.2, -0.15) is 0 Å². The van der Waals surface area contributed by atoms with Crippen molar-refractivity contribution in [2.24, 2.45) is 46.3 Å². The molecule has 6 heteroatoms. The molecule has 2 saturated heterocycles. The van der Waals surface area contributed by atoms with E-state index in [1.165, 1.54) is 6.92 Å². The molecule has 1 spiro atoms. The minimum absolute atomic E-state index is 0.0125. The molecule has 0 aromatic heterocycles. The Labute approximate surface area is 210 Å². The van der Waals surface area contributed by atoms with Gasteiger partial charge in [-0.3, -0.25) is 4.79 Å². The highest BCUT2D eigenvalue weighted by atomic mass is 16.7. The average molecular weight is 491 g/mol. The molecule has 35 heavy (non-hydrogen) atoms. The van der Waals surface area contributed by atoms with Crippen molar-refractivity contribution in [2.75, 3.05) is 6.61 Å². The molecule has 0 aromatic carbocycles. The van der Waals surface area contributed by atoms with Gasteiger partial charge < -0.3 is 24.4 Å². The fourth-order valence-corrected chi connectivity index (χ4v) is 10.5. The summed E-state index contributed by atoms with van der Waals surface area (Å²) in [4.78, 5) is 11.6. The van der Waals surface area contributed by atoms with E-state index in [4.69, 9.17) is 14.2 Å². The Hall–Kier alpha value is -0.690. The van der Waals surface area contributed by atoms with Crippen LogP contribution in [0.3, 0.4) is 0 Å². The second-order valence-electron chi connectivity index (χ2n) is 13.9. The van der Waals surface area contributed by atoms with Crippen LogP contribution in [0.4, 0.5) is 0 Å². The van der Waals surface area contributed by atoms with E-state index in [-0.39, 0.29) is 47.3 Å². The van der Waals surface area contributed by atoms with Crippen LogP contribution < -0.4 is 0 Å². The Kier molecular flexibility index (Phi) is 5.57. The maximum atomic E-state index is 12.6. The molecule has 6 rings (SSSR count). The number of ether oxygens (including phenoxy) is 3. The molecule has 0 bridgehead atoms. The number of carbonyl (C=O) groups excluding carboxylic acids is 1. The van der Waals surface area contributed by atoms with Gasteiger partial charge in [0, 0.05) is 37.0 Å². The monoisotopic (exact) mass is 490 g/mol. The number of hydrogen-bond acceptors (Lipinski definition) is 6. The minimum Gasteiger partial charge on any atom is -0.463 e. The van der Waals surface area contributed by atoms with Gasteiger partial charge in [0.05, 0.1) is 24.4 Å². The molecule has 198 valence electrons. The van der Waals surface area contributed by atoms with Gasteiger partial charge in [-0.05, 0) is 74.0 Å². The molecule has 2 aliphatic heterocycles. The van der Waals surface area contributed by atoms with E-state index in [2.05, 4.69) is 27.7 Å². The Morgan fingerprint density at radius 3 is 2.49 bits per heavy atom. The average Bonchev–Trinajstić information content (AvgIpc) is 3.19. The first-order valence-corrected chi connectivity index (χ1v) is 14.3. The maximum Gasteiger partial charge on any atom is 0.302 e. The number of carbonyl (C=O) groups is 1. The smallest absolute Gasteiger partial charge is 0.302 e. The van der Waals surface area contributed by atoms with Crippen LogP contribution in [-0.2, 0) is 19.0 Å². The third kappa shape index (κ3) is 3.18. The lowest BCUT2D eigenvalue weighted by Gasteiger charge is -2.65. The van der Waals surface area contributed by atoms with Crippen molar-refractivity contribution >= 4 is 5.97 Å². The van der Waals surface area contributed by atoms with Crippen molar-refractivity contribution < 1.29 is 29.2 Å². The Balaban J connectivity index is 1.28. The highest BCUT2D eigenvalue weighted by Crippen LogP contribution is 2.72. The predicted octanol–water partition coefficient (Wildman–Crippen LogP) is 4.45. The van der Waals surface area contributed by atoms with Gasteiger partial charge in [-0.1, -0.05) is 27.7 Å². The van der Waals surface area contributed by atoms with Gasteiger partial charge in [0.25, 0.3) is 0 Å². The molecule has 4 saturated carbocycles. The lowest BCUT2D eigenvalue weighted by Crippen LogP contribution is -2.67. The molecule has 4 aliphatic carbocycles. The highest BCUT2D eigenvalue weighted by molar-refractivity contribution is 5.66. The van der Waals surface area contributed by atoms with Crippen LogP contribution in [0.5, 0.6) is 0 Å². The van der Waals surface area contributed by atoms with Crippen LogP contribution in [0.2, 0.25) is 0 Å². The van der Waals surface area contributed by atoms with Gasteiger partial charge >= 0.3 is 5.97 Å². The molecule has 2 heterocycles. The second-order valence-corrected chi connectivity index (χ2v) is 13.9. The minimum atomic E-state index is -0.927. The molecule has 6 nitrogen and oxygen atoms in total. The van der Waals surface area contributed by atoms with Crippen molar-refractivity contribution in [3.8, 4) is 0 Å². The van der Waals surface area contributed by atoms with E-state index in [1.54, 1.807) is 0 Å². The molecular formula is C29H46O6. The molecule has 0 unspecified atom stereocenters. The lowest BCUT2D eigenvalue weighted by molar-refractivity contribution is -0.289. The molecule has 13 atom stereocenters. The predicted molar refractivity (Wildman–Crippen MR) is 130 cm³/mol. The number of aliphatic hydroxyl groups excluding tert-OH is 1. The Morgan fingerprint density at radius 1 is 1.03 bits per heavy atom. The second kappa shape index (κ2) is 7.91. The molecular weight excluding hydrogens is 444 g/mol. The fraction of sp³-hybridized carbons (Fsp3) is 0.966. The standard InChI is InChI=1S/C29H46O6/c1-16-8-11-29(33-15-16)17(2)25-23(35-29)14-28(32)21-7-6-19-12-20(34-18(3)30)9-10-26(19,4)22(21)13-24(31)27(25,28)5/h16-17,19-25,31-32H,6-15H2,1-5H3/t16-,17+,19+,20+,21-,22+,23+,24-,25+,26+,27-,28+,29-/m1/s1. The summed E-state index contributed by atoms with van der Waals surface area (Å²) in [6.07, 6.45) is 7.56. The summed E-state index contributed by atoms with van der Waals surface area (Å²) in [6.45, 7) is 11.3. The summed E-state index contributed by atoms with van der Waals surface area (Å²) in [6, 6.07) is 0. The van der Waals surface area contributed by atoms with Crippen LogP contribution in [0, 0.1) is 46.3 Å². The van der Waals surface area contributed by atoms with E-state index >= 15 is 0 Å². The first-order chi connectivity index (χ1) is 16.4. The summed E-state index contributed by atoms with van der Waals surface area (Å²) >= 11 is 0. The summed E-state index contributed by atoms with van der Waals surface area (Å²) in [5.41, 5.74) is -1.46. The van der Waals surface area contributed by atoms with Crippen molar-refractivity contribution in [3.05, 3.63) is 0 Å². The quantitative estimate of drug-likeness (QED) is 0.528. The van der Waals surface area contributed by atoms with Crippen LogP contribution in [0.25, 0.3) is 0 Å². The molecule has 0 amide bonds. The number of fused-ring (bicyclic) bond motifs is 7. The van der Waals surface area contributed by atoms with E-state index in [9.17, 15) is 15.0 Å². The lowest BCUT2D eigenvalue weighted by atomic mass is 9.42. The Bertz CT molecular complexity index is 867. The zero-order valence-corrected chi connectivity index (χ0v) is 22.3. The molecule has 0 aromatic rings. The van der Waals surface area contributed by atoms with Crippen LogP contribution in [0.15, 0.2) is 0 Å². The van der Waals surface area contributed by atoms with Gasteiger partial charge in [-0.15, -0.1) is 0 Å². The first-order valence-electron chi connectivity index (χ1n) is 14.3. The number of esters is 1. The topological polar surface area (TPSA) is 85.2 Å². The fourth-order valence-electron chi connectivity index (χ4n) is 10.5. The van der Waals surface area contributed by atoms with Gasteiger partial charge in [0.15, 0.2) is 5.79 Å². The molecule has 2 N–H and O–H groups in total. The number of hydrogen-bond donors (Lipinski definition) is 2. The van der Waals surface area contributed by atoms with Crippen molar-refractivity contribution in [1.82, 2.24) is 0 Å². The van der Waals surface area contributed by atoms with Crippen molar-refractivity contribution in [1.29, 1.82) is 0 Å². The summed E-state index contributed by atoms with van der Waals surface area (Å²) in [5, 5.41) is 24.5. The summed E-state index contributed by atoms with van der Waals surface area (Å²) in [7, 11) is 0. The van der Waals surface area contributed by atoms with Crippen LogP contribution >= 0.6 is 0 Å². The molecule has 6 aliphatic rings. The number of rotatable bonds is 1. The summed E-state index contributed by atoms with van der Waals surface area (Å²) in [5.74, 6) is 0.983. The van der Waals surface area contributed by atoms with E-state index in [0.717, 1.165) is 58.0 Å².